The summed E-state index contributed by atoms with van der Waals surface area (Å²) in [5.74, 6) is 0. The summed E-state index contributed by atoms with van der Waals surface area (Å²) in [4.78, 5) is 0. The van der Waals surface area contributed by atoms with Gasteiger partial charge in [0.15, 0.2) is 0 Å². The van der Waals surface area contributed by atoms with Crippen molar-refractivity contribution in [3.05, 3.63) is 29.3 Å². The maximum Gasteiger partial charge on any atom is 0.0991 e. The molecule has 0 radical (unpaired) electrons. The fourth-order valence-electron chi connectivity index (χ4n) is 1.14. The van der Waals surface area contributed by atoms with E-state index < -0.39 is 0 Å². The maximum absolute atomic E-state index is 8.64. The SMILES string of the molecule is Cc1cc(C#N)ccc1NCCN. The molecule has 1 aromatic carbocycles. The highest BCUT2D eigenvalue weighted by Gasteiger charge is 1.97. The number of hydrogen-bond acceptors (Lipinski definition) is 3. The Morgan fingerprint density at radius 2 is 2.31 bits per heavy atom. The molecule has 0 aromatic heterocycles. The molecule has 0 fully saturated rings. The summed E-state index contributed by atoms with van der Waals surface area (Å²) in [7, 11) is 0. The number of rotatable bonds is 3. The van der Waals surface area contributed by atoms with Gasteiger partial charge in [-0.15, -0.1) is 0 Å². The molecule has 0 saturated heterocycles. The van der Waals surface area contributed by atoms with E-state index >= 15 is 0 Å². The van der Waals surface area contributed by atoms with Crippen LogP contribution >= 0.6 is 0 Å². The first-order valence-corrected chi connectivity index (χ1v) is 4.22. The second kappa shape index (κ2) is 4.48. The van der Waals surface area contributed by atoms with E-state index in [2.05, 4.69) is 11.4 Å². The lowest BCUT2D eigenvalue weighted by Gasteiger charge is -2.07. The number of benzene rings is 1. The number of hydrogen-bond donors (Lipinski definition) is 2. The zero-order chi connectivity index (χ0) is 9.68. The van der Waals surface area contributed by atoms with Crippen LogP contribution < -0.4 is 11.1 Å². The Kier molecular flexibility index (Phi) is 3.30. The van der Waals surface area contributed by atoms with Crippen molar-refractivity contribution in [1.29, 1.82) is 5.26 Å². The molecule has 0 heterocycles. The van der Waals surface area contributed by atoms with Crippen LogP contribution in [0.1, 0.15) is 11.1 Å². The Bertz CT molecular complexity index is 325. The number of nitrogens with two attached hydrogens (primary N) is 1. The smallest absolute Gasteiger partial charge is 0.0991 e. The Labute approximate surface area is 78.2 Å². The Morgan fingerprint density at radius 1 is 1.54 bits per heavy atom. The number of nitriles is 1. The molecule has 0 saturated carbocycles. The van der Waals surface area contributed by atoms with E-state index in [9.17, 15) is 0 Å². The number of aryl methyl sites for hydroxylation is 1. The van der Waals surface area contributed by atoms with Crippen molar-refractivity contribution in [1.82, 2.24) is 0 Å². The molecule has 13 heavy (non-hydrogen) atoms. The Morgan fingerprint density at radius 3 is 2.85 bits per heavy atom. The first-order chi connectivity index (χ1) is 6.27. The average molecular weight is 175 g/mol. The van der Waals surface area contributed by atoms with Crippen LogP contribution in [0.2, 0.25) is 0 Å². The van der Waals surface area contributed by atoms with Crippen LogP contribution in [-0.2, 0) is 0 Å². The number of nitrogens with zero attached hydrogens (tertiary/aromatic N) is 1. The molecule has 68 valence electrons. The second-order valence-electron chi connectivity index (χ2n) is 2.86. The van der Waals surface area contributed by atoms with Gasteiger partial charge < -0.3 is 11.1 Å². The summed E-state index contributed by atoms with van der Waals surface area (Å²) in [5.41, 5.74) is 8.18. The fourth-order valence-corrected chi connectivity index (χ4v) is 1.14. The highest BCUT2D eigenvalue weighted by atomic mass is 14.9. The van der Waals surface area contributed by atoms with Crippen molar-refractivity contribution in [2.24, 2.45) is 5.73 Å². The molecule has 0 spiro atoms. The quantitative estimate of drug-likeness (QED) is 0.726. The lowest BCUT2D eigenvalue weighted by molar-refractivity contribution is 1.02. The van der Waals surface area contributed by atoms with Crippen molar-refractivity contribution in [2.45, 2.75) is 6.92 Å². The van der Waals surface area contributed by atoms with Crippen LogP contribution in [0.25, 0.3) is 0 Å². The van der Waals surface area contributed by atoms with Crippen LogP contribution in [0, 0.1) is 18.3 Å². The molecule has 0 atom stereocenters. The zero-order valence-corrected chi connectivity index (χ0v) is 7.67. The van der Waals surface area contributed by atoms with Crippen molar-refractivity contribution in [2.75, 3.05) is 18.4 Å². The molecule has 1 rings (SSSR count). The minimum atomic E-state index is 0.611. The van der Waals surface area contributed by atoms with Gasteiger partial charge in [0.2, 0.25) is 0 Å². The monoisotopic (exact) mass is 175 g/mol. The highest BCUT2D eigenvalue weighted by Crippen LogP contribution is 2.15. The maximum atomic E-state index is 8.64. The van der Waals surface area contributed by atoms with E-state index in [0.717, 1.165) is 17.8 Å². The van der Waals surface area contributed by atoms with E-state index in [1.165, 1.54) is 0 Å². The van der Waals surface area contributed by atoms with Gasteiger partial charge in [-0.25, -0.2) is 0 Å². The lowest BCUT2D eigenvalue weighted by atomic mass is 10.1. The lowest BCUT2D eigenvalue weighted by Crippen LogP contribution is -2.13. The van der Waals surface area contributed by atoms with E-state index in [1.54, 1.807) is 6.07 Å². The largest absolute Gasteiger partial charge is 0.384 e. The molecule has 0 aliphatic rings. The predicted octanol–water partition coefficient (Wildman–Crippen LogP) is 1.24. The molecule has 3 N–H and O–H groups in total. The van der Waals surface area contributed by atoms with Crippen LogP contribution in [0.4, 0.5) is 5.69 Å². The van der Waals surface area contributed by atoms with Gasteiger partial charge in [0.25, 0.3) is 0 Å². The first kappa shape index (κ1) is 9.56. The summed E-state index contributed by atoms with van der Waals surface area (Å²) in [6, 6.07) is 7.66. The van der Waals surface area contributed by atoms with Gasteiger partial charge in [0.05, 0.1) is 11.6 Å². The van der Waals surface area contributed by atoms with E-state index in [4.69, 9.17) is 11.0 Å². The molecule has 0 unspecified atom stereocenters. The molecule has 0 amide bonds. The second-order valence-corrected chi connectivity index (χ2v) is 2.86. The van der Waals surface area contributed by atoms with Crippen molar-refractivity contribution < 1.29 is 0 Å². The van der Waals surface area contributed by atoms with Gasteiger partial charge in [-0.1, -0.05) is 0 Å². The summed E-state index contributed by atoms with van der Waals surface area (Å²) < 4.78 is 0. The molecule has 0 bridgehead atoms. The number of anilines is 1. The zero-order valence-electron chi connectivity index (χ0n) is 7.67. The summed E-state index contributed by atoms with van der Waals surface area (Å²) in [6.07, 6.45) is 0. The fraction of sp³-hybridized carbons (Fsp3) is 0.300. The molecule has 1 aromatic rings. The minimum absolute atomic E-state index is 0.611. The standard InChI is InChI=1S/C10H13N3/c1-8-6-9(7-12)2-3-10(8)13-5-4-11/h2-3,6,13H,4-5,11H2,1H3. The van der Waals surface area contributed by atoms with Crippen LogP contribution in [0.15, 0.2) is 18.2 Å². The van der Waals surface area contributed by atoms with E-state index in [0.29, 0.717) is 12.1 Å². The summed E-state index contributed by atoms with van der Waals surface area (Å²) in [5, 5.41) is 11.8. The van der Waals surface area contributed by atoms with Crippen LogP contribution in [0.5, 0.6) is 0 Å². The Balaban J connectivity index is 2.81. The molecule has 0 aliphatic heterocycles. The molecule has 3 heteroatoms. The minimum Gasteiger partial charge on any atom is -0.384 e. The van der Waals surface area contributed by atoms with E-state index in [-0.39, 0.29) is 0 Å². The van der Waals surface area contributed by atoms with Gasteiger partial charge in [0, 0.05) is 18.8 Å². The molecular formula is C10H13N3. The third kappa shape index (κ3) is 2.46. The summed E-state index contributed by atoms with van der Waals surface area (Å²) in [6.45, 7) is 3.34. The van der Waals surface area contributed by atoms with Gasteiger partial charge in [0.1, 0.15) is 0 Å². The van der Waals surface area contributed by atoms with Crippen LogP contribution in [-0.4, -0.2) is 13.1 Å². The predicted molar refractivity (Wildman–Crippen MR) is 53.4 cm³/mol. The van der Waals surface area contributed by atoms with Crippen molar-refractivity contribution >= 4 is 5.69 Å². The van der Waals surface area contributed by atoms with Crippen LogP contribution in [0.3, 0.4) is 0 Å². The Hall–Kier alpha value is -1.53. The molecular weight excluding hydrogens is 162 g/mol. The van der Waals surface area contributed by atoms with Gasteiger partial charge in [-0.05, 0) is 30.7 Å². The van der Waals surface area contributed by atoms with Gasteiger partial charge >= 0.3 is 0 Å². The van der Waals surface area contributed by atoms with Gasteiger partial charge in [-0.3, -0.25) is 0 Å². The summed E-state index contributed by atoms with van der Waals surface area (Å²) >= 11 is 0. The normalized spacial score (nSPS) is 9.31. The highest BCUT2D eigenvalue weighted by molar-refractivity contribution is 5.53. The third-order valence-corrected chi connectivity index (χ3v) is 1.82. The van der Waals surface area contributed by atoms with Gasteiger partial charge in [-0.2, -0.15) is 5.26 Å². The van der Waals surface area contributed by atoms with E-state index in [1.807, 2.05) is 19.1 Å². The molecule has 3 nitrogen and oxygen atoms in total. The third-order valence-electron chi connectivity index (χ3n) is 1.82. The first-order valence-electron chi connectivity index (χ1n) is 4.22. The van der Waals surface area contributed by atoms with Crippen molar-refractivity contribution in [3.8, 4) is 6.07 Å². The number of nitrogens with one attached hydrogen (secondary N) is 1. The molecule has 0 aliphatic carbocycles. The topological polar surface area (TPSA) is 61.8 Å². The average Bonchev–Trinajstić information content (AvgIpc) is 2.16. The van der Waals surface area contributed by atoms with Crippen molar-refractivity contribution in [3.63, 3.8) is 0 Å².